The molecule has 2 nitrogen and oxygen atoms in total. The first-order valence-corrected chi connectivity index (χ1v) is 4.69. The molecule has 0 saturated carbocycles. The third kappa shape index (κ3) is 2.69. The second-order valence-corrected chi connectivity index (χ2v) is 3.47. The van der Waals surface area contributed by atoms with Crippen LogP contribution in [-0.2, 0) is 0 Å². The number of rotatable bonds is 2. The van der Waals surface area contributed by atoms with Crippen LogP contribution in [0.2, 0.25) is 0 Å². The van der Waals surface area contributed by atoms with Gasteiger partial charge in [-0.25, -0.2) is 0 Å². The molecule has 1 saturated heterocycles. The van der Waals surface area contributed by atoms with E-state index in [0.29, 0.717) is 5.92 Å². The Bertz CT molecular complexity index is 145. The van der Waals surface area contributed by atoms with Crippen molar-refractivity contribution in [2.45, 2.75) is 12.8 Å². The number of hydrogen-bond donors (Lipinski definition) is 1. The first-order valence-electron chi connectivity index (χ1n) is 4.16. The maximum Gasteiger partial charge on any atom is 0.0908 e. The SMILES string of the molecule is N#CC1CC[NH+](CCCl)CC1. The minimum atomic E-state index is 0.314. The monoisotopic (exact) mass is 173 g/mol. The lowest BCUT2D eigenvalue weighted by atomic mass is 9.99. The fourth-order valence-electron chi connectivity index (χ4n) is 1.54. The number of halogens is 1. The van der Waals surface area contributed by atoms with Crippen LogP contribution in [0.1, 0.15) is 12.8 Å². The van der Waals surface area contributed by atoms with Gasteiger partial charge in [0.15, 0.2) is 0 Å². The van der Waals surface area contributed by atoms with Crippen LogP contribution in [0, 0.1) is 17.2 Å². The van der Waals surface area contributed by atoms with Crippen LogP contribution in [0.25, 0.3) is 0 Å². The first kappa shape index (κ1) is 8.83. The minimum absolute atomic E-state index is 0.314. The predicted octanol–water partition coefficient (Wildman–Crippen LogP) is 0.0437. The molecular formula is C8H14ClN2+. The van der Waals surface area contributed by atoms with E-state index in [1.54, 1.807) is 4.90 Å². The van der Waals surface area contributed by atoms with Crippen LogP contribution in [0.5, 0.6) is 0 Å². The molecule has 11 heavy (non-hydrogen) atoms. The van der Waals surface area contributed by atoms with E-state index >= 15 is 0 Å². The van der Waals surface area contributed by atoms with Crippen molar-refractivity contribution in [3.63, 3.8) is 0 Å². The molecular weight excluding hydrogens is 160 g/mol. The van der Waals surface area contributed by atoms with Gasteiger partial charge in [0.2, 0.25) is 0 Å². The summed E-state index contributed by atoms with van der Waals surface area (Å²) in [6.07, 6.45) is 2.12. The van der Waals surface area contributed by atoms with E-state index in [-0.39, 0.29) is 0 Å². The smallest absolute Gasteiger partial charge is 0.0908 e. The van der Waals surface area contributed by atoms with Gasteiger partial charge in [0.25, 0.3) is 0 Å². The van der Waals surface area contributed by atoms with Crippen LogP contribution in [0.15, 0.2) is 0 Å². The van der Waals surface area contributed by atoms with Gasteiger partial charge in [0.05, 0.1) is 37.5 Å². The van der Waals surface area contributed by atoms with Crippen molar-refractivity contribution in [2.75, 3.05) is 25.5 Å². The van der Waals surface area contributed by atoms with Gasteiger partial charge in [-0.05, 0) is 0 Å². The van der Waals surface area contributed by atoms with E-state index in [4.69, 9.17) is 16.9 Å². The number of alkyl halides is 1. The summed E-state index contributed by atoms with van der Waals surface area (Å²) in [6.45, 7) is 3.32. The van der Waals surface area contributed by atoms with E-state index in [9.17, 15) is 0 Å². The standard InChI is InChI=1S/C8H13ClN2/c9-3-6-11-4-1-8(7-10)2-5-11/h8H,1-6H2/p+1. The number of hydrogen-bond acceptors (Lipinski definition) is 1. The summed E-state index contributed by atoms with van der Waals surface area (Å²) in [5.74, 6) is 1.06. The van der Waals surface area contributed by atoms with Crippen molar-refractivity contribution >= 4 is 11.6 Å². The maximum atomic E-state index is 8.62. The molecule has 3 heteroatoms. The zero-order valence-corrected chi connectivity index (χ0v) is 7.40. The zero-order valence-electron chi connectivity index (χ0n) is 6.65. The Hall–Kier alpha value is -0.260. The summed E-state index contributed by atoms with van der Waals surface area (Å²) in [7, 11) is 0. The molecule has 62 valence electrons. The molecule has 1 rings (SSSR count). The Morgan fingerprint density at radius 3 is 2.55 bits per heavy atom. The van der Waals surface area contributed by atoms with E-state index in [2.05, 4.69) is 6.07 Å². The van der Waals surface area contributed by atoms with Crippen LogP contribution in [0.3, 0.4) is 0 Å². The number of nitrogens with zero attached hydrogens (tertiary/aromatic N) is 1. The van der Waals surface area contributed by atoms with Gasteiger partial charge in [-0.1, -0.05) is 0 Å². The number of nitrogens with one attached hydrogen (secondary N) is 1. The van der Waals surface area contributed by atoms with Crippen LogP contribution in [0.4, 0.5) is 0 Å². The lowest BCUT2D eigenvalue weighted by Crippen LogP contribution is -3.13. The molecule has 0 aromatic heterocycles. The quantitative estimate of drug-likeness (QED) is 0.588. The maximum absolute atomic E-state index is 8.62. The van der Waals surface area contributed by atoms with Crippen LogP contribution < -0.4 is 4.90 Å². The van der Waals surface area contributed by atoms with E-state index in [1.807, 2.05) is 0 Å². The van der Waals surface area contributed by atoms with Gasteiger partial charge >= 0.3 is 0 Å². The average molecular weight is 174 g/mol. The second-order valence-electron chi connectivity index (χ2n) is 3.09. The van der Waals surface area contributed by atoms with Crippen molar-refractivity contribution in [1.29, 1.82) is 5.26 Å². The fourth-order valence-corrected chi connectivity index (χ4v) is 1.81. The minimum Gasteiger partial charge on any atom is -0.334 e. The summed E-state index contributed by atoms with van der Waals surface area (Å²) >= 11 is 5.62. The largest absolute Gasteiger partial charge is 0.334 e. The molecule has 0 bridgehead atoms. The fraction of sp³-hybridized carbons (Fsp3) is 0.875. The van der Waals surface area contributed by atoms with E-state index in [1.165, 1.54) is 0 Å². The highest BCUT2D eigenvalue weighted by Crippen LogP contribution is 2.06. The molecule has 1 aliphatic rings. The molecule has 0 unspecified atom stereocenters. The molecule has 0 aromatic rings. The molecule has 1 heterocycles. The second kappa shape index (κ2) is 4.58. The highest BCUT2D eigenvalue weighted by molar-refractivity contribution is 6.17. The van der Waals surface area contributed by atoms with Gasteiger partial charge in [0, 0.05) is 12.8 Å². The first-order chi connectivity index (χ1) is 5.36. The normalized spacial score (nSPS) is 31.3. The third-order valence-electron chi connectivity index (χ3n) is 2.32. The molecule has 0 aliphatic carbocycles. The Kier molecular flexibility index (Phi) is 3.68. The predicted molar refractivity (Wildman–Crippen MR) is 44.6 cm³/mol. The van der Waals surface area contributed by atoms with Crippen LogP contribution >= 0.6 is 11.6 Å². The molecule has 0 atom stereocenters. The Morgan fingerprint density at radius 2 is 2.09 bits per heavy atom. The highest BCUT2D eigenvalue weighted by atomic mass is 35.5. The van der Waals surface area contributed by atoms with Crippen LogP contribution in [-0.4, -0.2) is 25.5 Å². The molecule has 1 aliphatic heterocycles. The van der Waals surface area contributed by atoms with Gasteiger partial charge in [-0.3, -0.25) is 0 Å². The highest BCUT2D eigenvalue weighted by Gasteiger charge is 2.20. The molecule has 1 N–H and O–H groups in total. The van der Waals surface area contributed by atoms with Gasteiger partial charge in [-0.2, -0.15) is 5.26 Å². The summed E-state index contributed by atoms with van der Waals surface area (Å²) in [6, 6.07) is 2.32. The topological polar surface area (TPSA) is 28.2 Å². The summed E-state index contributed by atoms with van der Waals surface area (Å²) < 4.78 is 0. The third-order valence-corrected chi connectivity index (χ3v) is 2.51. The van der Waals surface area contributed by atoms with Gasteiger partial charge < -0.3 is 4.90 Å². The summed E-state index contributed by atoms with van der Waals surface area (Å²) in [5.41, 5.74) is 0. The number of likely N-dealkylation sites (tertiary alicyclic amines) is 1. The summed E-state index contributed by atoms with van der Waals surface area (Å²) in [5, 5.41) is 8.62. The van der Waals surface area contributed by atoms with Crippen molar-refractivity contribution in [3.8, 4) is 6.07 Å². The van der Waals surface area contributed by atoms with Crippen molar-refractivity contribution in [2.24, 2.45) is 5.92 Å². The molecule has 0 amide bonds. The number of quaternary nitrogens is 1. The molecule has 0 aromatic carbocycles. The van der Waals surface area contributed by atoms with Gasteiger partial charge in [-0.15, -0.1) is 11.6 Å². The summed E-state index contributed by atoms with van der Waals surface area (Å²) in [4.78, 5) is 1.56. The molecule has 1 fully saturated rings. The van der Waals surface area contributed by atoms with Crippen molar-refractivity contribution < 1.29 is 4.90 Å². The lowest BCUT2D eigenvalue weighted by molar-refractivity contribution is -0.903. The number of piperidine rings is 1. The van der Waals surface area contributed by atoms with Gasteiger partial charge in [0.1, 0.15) is 0 Å². The number of nitriles is 1. The Balaban J connectivity index is 2.20. The zero-order chi connectivity index (χ0) is 8.10. The molecule has 0 radical (unpaired) electrons. The average Bonchev–Trinajstić information content (AvgIpc) is 2.07. The van der Waals surface area contributed by atoms with E-state index < -0.39 is 0 Å². The van der Waals surface area contributed by atoms with E-state index in [0.717, 1.165) is 38.4 Å². The molecule has 0 spiro atoms. The van der Waals surface area contributed by atoms with Crippen molar-refractivity contribution in [1.82, 2.24) is 0 Å². The Morgan fingerprint density at radius 1 is 1.45 bits per heavy atom. The Labute approximate surface area is 72.7 Å². The van der Waals surface area contributed by atoms with Crippen molar-refractivity contribution in [3.05, 3.63) is 0 Å². The lowest BCUT2D eigenvalue weighted by Gasteiger charge is -2.25.